The molecule has 0 amide bonds. The van der Waals surface area contributed by atoms with Crippen LogP contribution in [0.25, 0.3) is 0 Å². The fourth-order valence-electron chi connectivity index (χ4n) is 0.517. The molecule has 0 saturated heterocycles. The predicted molar refractivity (Wildman–Crippen MR) is 40.8 cm³/mol. The van der Waals surface area contributed by atoms with E-state index in [0.717, 1.165) is 0 Å². The normalized spacial score (nSPS) is 9.09. The molecule has 1 heterocycles. The van der Waals surface area contributed by atoms with Crippen LogP contribution in [0.15, 0.2) is 12.4 Å². The topological polar surface area (TPSA) is 81.0 Å². The summed E-state index contributed by atoms with van der Waals surface area (Å²) in [6, 6.07) is 0. The van der Waals surface area contributed by atoms with Crippen molar-refractivity contribution < 1.29 is 9.53 Å². The number of hydrogen-bond donors (Lipinski definition) is 2. The van der Waals surface area contributed by atoms with Crippen LogP contribution in [0.4, 0.5) is 0 Å². The summed E-state index contributed by atoms with van der Waals surface area (Å²) < 4.78 is 4.37. The second-order valence-electron chi connectivity index (χ2n) is 1.65. The number of nitrogens with two attached hydrogens (primary N) is 1. The van der Waals surface area contributed by atoms with E-state index < -0.39 is 5.97 Å². The zero-order valence-electron chi connectivity index (χ0n) is 5.40. The van der Waals surface area contributed by atoms with Crippen LogP contribution in [0.3, 0.4) is 0 Å². The zero-order valence-corrected chi connectivity index (χ0v) is 6.22. The van der Waals surface area contributed by atoms with Crippen LogP contribution in [0.2, 0.25) is 0 Å². The summed E-state index contributed by atoms with van der Waals surface area (Å²) in [6.07, 6.45) is 2.92. The molecule has 0 aliphatic heterocycles. The van der Waals surface area contributed by atoms with E-state index in [1.807, 2.05) is 0 Å². The monoisotopic (exact) mass is 171 g/mol. The number of aromatic amines is 1. The Kier molecular flexibility index (Phi) is 2.17. The Bertz CT molecular complexity index is 269. The minimum atomic E-state index is -0.678. The Hall–Kier alpha value is -1.43. The molecule has 5 nitrogen and oxygen atoms in total. The van der Waals surface area contributed by atoms with Crippen LogP contribution < -0.4 is 5.73 Å². The van der Waals surface area contributed by atoms with Gasteiger partial charge in [0, 0.05) is 12.4 Å². The van der Waals surface area contributed by atoms with Gasteiger partial charge in [-0.1, -0.05) is 0 Å². The Morgan fingerprint density at radius 1 is 1.82 bits per heavy atom. The zero-order chi connectivity index (χ0) is 8.27. The lowest BCUT2D eigenvalue weighted by Gasteiger charge is -1.95. The molecule has 0 saturated carbocycles. The molecule has 1 aromatic rings. The van der Waals surface area contributed by atoms with Gasteiger partial charge in [-0.15, -0.1) is 0 Å². The number of ether oxygens (including phenoxy) is 1. The molecular formula is C5H5N3O2S. The number of nitrogens with one attached hydrogen (secondary N) is 1. The number of nitrogens with zero attached hydrogens (tertiary/aromatic N) is 1. The van der Waals surface area contributed by atoms with E-state index >= 15 is 0 Å². The van der Waals surface area contributed by atoms with Gasteiger partial charge in [-0.2, -0.15) is 0 Å². The lowest BCUT2D eigenvalue weighted by Crippen LogP contribution is -2.18. The van der Waals surface area contributed by atoms with Gasteiger partial charge in [-0.05, 0) is 12.2 Å². The first-order valence-corrected chi connectivity index (χ1v) is 3.12. The van der Waals surface area contributed by atoms with Crippen LogP contribution in [-0.2, 0) is 4.74 Å². The molecule has 0 atom stereocenters. The van der Waals surface area contributed by atoms with E-state index in [1.165, 1.54) is 12.4 Å². The van der Waals surface area contributed by atoms with Gasteiger partial charge in [0.2, 0.25) is 5.82 Å². The standard InChI is InChI=1S/C5H5N3O2S/c6-5(11)10-4(9)3-7-1-2-8-3/h1-2H,(H2,6,11)(H,7,8). The van der Waals surface area contributed by atoms with Gasteiger partial charge >= 0.3 is 5.97 Å². The maximum Gasteiger partial charge on any atom is 0.381 e. The first-order valence-electron chi connectivity index (χ1n) is 2.71. The molecule has 0 spiro atoms. The molecule has 0 fully saturated rings. The summed E-state index contributed by atoms with van der Waals surface area (Å²) in [7, 11) is 0. The number of esters is 1. The predicted octanol–water partition coefficient (Wildman–Crippen LogP) is -0.190. The number of aromatic nitrogens is 2. The van der Waals surface area contributed by atoms with Gasteiger partial charge in [0.15, 0.2) is 0 Å². The molecule has 1 aromatic heterocycles. The molecule has 11 heavy (non-hydrogen) atoms. The van der Waals surface area contributed by atoms with Crippen molar-refractivity contribution in [2.75, 3.05) is 0 Å². The minimum Gasteiger partial charge on any atom is -0.393 e. The van der Waals surface area contributed by atoms with E-state index in [9.17, 15) is 4.79 Å². The molecule has 0 aromatic carbocycles. The van der Waals surface area contributed by atoms with Crippen molar-refractivity contribution >= 4 is 23.4 Å². The average Bonchev–Trinajstić information content (AvgIpc) is 2.35. The van der Waals surface area contributed by atoms with Crippen molar-refractivity contribution in [1.29, 1.82) is 0 Å². The minimum absolute atomic E-state index is 0.0813. The van der Waals surface area contributed by atoms with Gasteiger partial charge in [0.05, 0.1) is 0 Å². The van der Waals surface area contributed by atoms with Crippen LogP contribution in [0, 0.1) is 0 Å². The Morgan fingerprint density at radius 2 is 2.55 bits per heavy atom. The highest BCUT2D eigenvalue weighted by molar-refractivity contribution is 7.80. The van der Waals surface area contributed by atoms with Gasteiger partial charge < -0.3 is 15.5 Å². The van der Waals surface area contributed by atoms with E-state index in [4.69, 9.17) is 5.73 Å². The molecule has 1 rings (SSSR count). The van der Waals surface area contributed by atoms with Crippen LogP contribution in [0.5, 0.6) is 0 Å². The third-order valence-electron chi connectivity index (χ3n) is 0.885. The third kappa shape index (κ3) is 2.01. The Labute approximate surface area is 67.6 Å². The molecule has 0 aliphatic carbocycles. The molecule has 58 valence electrons. The second kappa shape index (κ2) is 3.11. The summed E-state index contributed by atoms with van der Waals surface area (Å²) in [5.74, 6) is -0.597. The fourth-order valence-corrected chi connectivity index (χ4v) is 0.592. The van der Waals surface area contributed by atoms with Crippen molar-refractivity contribution in [2.24, 2.45) is 5.73 Å². The number of imidazole rings is 1. The number of carbonyl (C=O) groups is 1. The van der Waals surface area contributed by atoms with E-state index in [-0.39, 0.29) is 11.0 Å². The van der Waals surface area contributed by atoms with E-state index in [1.54, 1.807) is 0 Å². The van der Waals surface area contributed by atoms with Gasteiger partial charge in [0.1, 0.15) is 0 Å². The smallest absolute Gasteiger partial charge is 0.381 e. The van der Waals surface area contributed by atoms with Crippen molar-refractivity contribution in [3.63, 3.8) is 0 Å². The number of carbonyl (C=O) groups excluding carboxylic acids is 1. The fraction of sp³-hybridized carbons (Fsp3) is 0. The van der Waals surface area contributed by atoms with E-state index in [0.29, 0.717) is 0 Å². The molecular weight excluding hydrogens is 166 g/mol. The quantitative estimate of drug-likeness (QED) is 0.452. The first kappa shape index (κ1) is 7.67. The van der Waals surface area contributed by atoms with Crippen LogP contribution in [0.1, 0.15) is 10.6 Å². The summed E-state index contributed by atoms with van der Waals surface area (Å²) >= 11 is 4.34. The van der Waals surface area contributed by atoms with Crippen molar-refractivity contribution in [1.82, 2.24) is 9.97 Å². The number of H-pyrrole nitrogens is 1. The van der Waals surface area contributed by atoms with Gasteiger partial charge in [-0.25, -0.2) is 9.78 Å². The summed E-state index contributed by atoms with van der Waals surface area (Å²) in [6.45, 7) is 0. The Morgan fingerprint density at radius 3 is 3.00 bits per heavy atom. The molecule has 0 bridgehead atoms. The summed E-state index contributed by atoms with van der Waals surface area (Å²) in [5.41, 5.74) is 4.95. The highest BCUT2D eigenvalue weighted by Gasteiger charge is 2.09. The highest BCUT2D eigenvalue weighted by atomic mass is 32.1. The number of hydrogen-bond acceptors (Lipinski definition) is 4. The molecule has 0 aliphatic rings. The summed E-state index contributed by atoms with van der Waals surface area (Å²) in [5, 5.41) is -0.314. The van der Waals surface area contributed by atoms with Crippen LogP contribution in [-0.4, -0.2) is 21.1 Å². The third-order valence-corrected chi connectivity index (χ3v) is 0.968. The maximum absolute atomic E-state index is 10.8. The van der Waals surface area contributed by atoms with Crippen molar-refractivity contribution in [2.45, 2.75) is 0 Å². The lowest BCUT2D eigenvalue weighted by molar-refractivity contribution is 0.0708. The molecule has 0 unspecified atom stereocenters. The van der Waals surface area contributed by atoms with Crippen LogP contribution >= 0.6 is 12.2 Å². The first-order chi connectivity index (χ1) is 5.20. The van der Waals surface area contributed by atoms with Gasteiger partial charge in [0.25, 0.3) is 5.17 Å². The lowest BCUT2D eigenvalue weighted by atomic mass is 10.6. The molecule has 0 radical (unpaired) electrons. The SMILES string of the molecule is NC(=S)OC(=O)c1ncc[nH]1. The highest BCUT2D eigenvalue weighted by Crippen LogP contribution is 1.91. The van der Waals surface area contributed by atoms with Gasteiger partial charge in [-0.3, -0.25) is 0 Å². The number of rotatable bonds is 1. The average molecular weight is 171 g/mol. The van der Waals surface area contributed by atoms with Crippen molar-refractivity contribution in [3.8, 4) is 0 Å². The Balaban J connectivity index is 2.64. The second-order valence-corrected chi connectivity index (χ2v) is 2.05. The molecule has 3 N–H and O–H groups in total. The maximum atomic E-state index is 10.8. The largest absolute Gasteiger partial charge is 0.393 e. The van der Waals surface area contributed by atoms with E-state index in [2.05, 4.69) is 26.9 Å². The van der Waals surface area contributed by atoms with Crippen molar-refractivity contribution in [3.05, 3.63) is 18.2 Å². The molecule has 6 heteroatoms. The summed E-state index contributed by atoms with van der Waals surface area (Å²) in [4.78, 5) is 17.0. The number of thiocarbonyl (C=S) groups is 1.